The van der Waals surface area contributed by atoms with Crippen LogP contribution in [0.3, 0.4) is 0 Å². The van der Waals surface area contributed by atoms with Gasteiger partial charge in [-0.2, -0.15) is 5.10 Å². The van der Waals surface area contributed by atoms with Crippen LogP contribution in [0.15, 0.2) is 24.3 Å². The van der Waals surface area contributed by atoms with Gasteiger partial charge in [0, 0.05) is 43.2 Å². The molecule has 0 radical (unpaired) electrons. The van der Waals surface area contributed by atoms with Crippen molar-refractivity contribution in [1.82, 2.24) is 14.7 Å². The fourth-order valence-corrected chi connectivity index (χ4v) is 3.84. The summed E-state index contributed by atoms with van der Waals surface area (Å²) in [6.45, 7) is 5.73. The number of aromatic nitrogens is 2. The maximum Gasteiger partial charge on any atom is 0.224 e. The van der Waals surface area contributed by atoms with Gasteiger partial charge in [-0.15, -0.1) is 0 Å². The Labute approximate surface area is 169 Å². The minimum atomic E-state index is -0.0812. The Morgan fingerprint density at radius 3 is 2.41 bits per heavy atom. The summed E-state index contributed by atoms with van der Waals surface area (Å²) in [5.74, 6) is 0.105. The van der Waals surface area contributed by atoms with E-state index in [4.69, 9.17) is 23.2 Å². The first-order valence-corrected chi connectivity index (χ1v) is 9.89. The predicted octanol–water partition coefficient (Wildman–Crippen LogP) is 4.32. The van der Waals surface area contributed by atoms with Crippen LogP contribution in [0.1, 0.15) is 41.0 Å². The number of amides is 1. The number of nitrogens with zero attached hydrogens (tertiary/aromatic N) is 3. The molecule has 1 aliphatic heterocycles. The van der Waals surface area contributed by atoms with E-state index < -0.39 is 0 Å². The molecule has 5 nitrogen and oxygen atoms in total. The summed E-state index contributed by atoms with van der Waals surface area (Å²) in [6.07, 6.45) is 1.77. The number of aryl methyl sites for hydroxylation is 3. The number of Topliss-reactive ketones (excluding diaryl/α,β-unsaturated/α-hetero) is 1. The topological polar surface area (TPSA) is 55.2 Å². The lowest BCUT2D eigenvalue weighted by Crippen LogP contribution is -2.40. The van der Waals surface area contributed by atoms with Gasteiger partial charge in [0.2, 0.25) is 5.91 Å². The second kappa shape index (κ2) is 8.44. The number of carbonyl (C=O) groups is 2. The maximum atomic E-state index is 12.7. The Hall–Kier alpha value is -1.85. The normalized spacial score (nSPS) is 15.2. The molecular weight excluding hydrogens is 385 g/mol. The maximum absolute atomic E-state index is 12.7. The summed E-state index contributed by atoms with van der Waals surface area (Å²) in [6, 6.07) is 6.99. The summed E-state index contributed by atoms with van der Waals surface area (Å²) >= 11 is 11.9. The Morgan fingerprint density at radius 1 is 1.11 bits per heavy atom. The second-order valence-electron chi connectivity index (χ2n) is 7.05. The van der Waals surface area contributed by atoms with Gasteiger partial charge < -0.3 is 4.90 Å². The highest BCUT2D eigenvalue weighted by atomic mass is 35.5. The van der Waals surface area contributed by atoms with Gasteiger partial charge in [0.25, 0.3) is 0 Å². The molecule has 7 heteroatoms. The molecule has 1 fully saturated rings. The summed E-state index contributed by atoms with van der Waals surface area (Å²) < 4.78 is 1.87. The molecule has 1 amide bonds. The van der Waals surface area contributed by atoms with Gasteiger partial charge in [-0.1, -0.05) is 23.2 Å². The smallest absolute Gasteiger partial charge is 0.224 e. The minimum Gasteiger partial charge on any atom is -0.343 e. The number of benzene rings is 1. The molecule has 0 atom stereocenters. The van der Waals surface area contributed by atoms with E-state index >= 15 is 0 Å². The molecular formula is C20H23Cl2N3O2. The quantitative estimate of drug-likeness (QED) is 0.693. The Balaban J connectivity index is 1.52. The van der Waals surface area contributed by atoms with E-state index in [1.807, 2.05) is 29.5 Å². The number of piperidine rings is 1. The zero-order valence-electron chi connectivity index (χ0n) is 15.5. The molecule has 2 heterocycles. The first-order chi connectivity index (χ1) is 12.8. The van der Waals surface area contributed by atoms with E-state index in [1.165, 1.54) is 0 Å². The average Bonchev–Trinajstić information content (AvgIpc) is 2.98. The molecule has 0 spiro atoms. The zero-order valence-corrected chi connectivity index (χ0v) is 17.1. The SMILES string of the molecule is Cc1cc(C)n(CCC(=O)N2CCC(C(=O)c3ccc(Cl)c(Cl)c3)CC2)n1. The minimum absolute atomic E-state index is 0.0725. The third-order valence-electron chi connectivity index (χ3n) is 5.06. The lowest BCUT2D eigenvalue weighted by molar-refractivity contribution is -0.132. The highest BCUT2D eigenvalue weighted by Crippen LogP contribution is 2.27. The molecule has 0 N–H and O–H groups in total. The molecule has 1 aromatic heterocycles. The molecule has 2 aromatic rings. The Kier molecular flexibility index (Phi) is 6.22. The van der Waals surface area contributed by atoms with E-state index in [0.717, 1.165) is 11.4 Å². The number of hydrogen-bond donors (Lipinski definition) is 0. The Bertz CT molecular complexity index is 855. The molecule has 27 heavy (non-hydrogen) atoms. The van der Waals surface area contributed by atoms with E-state index in [9.17, 15) is 9.59 Å². The number of carbonyl (C=O) groups excluding carboxylic acids is 2. The predicted molar refractivity (Wildman–Crippen MR) is 106 cm³/mol. The van der Waals surface area contributed by atoms with Gasteiger partial charge in [-0.3, -0.25) is 14.3 Å². The van der Waals surface area contributed by atoms with Crippen LogP contribution in [-0.2, 0) is 11.3 Å². The highest BCUT2D eigenvalue weighted by Gasteiger charge is 2.28. The van der Waals surface area contributed by atoms with Crippen LogP contribution in [0, 0.1) is 19.8 Å². The Morgan fingerprint density at radius 2 is 1.81 bits per heavy atom. The molecule has 144 valence electrons. The molecule has 0 saturated carbocycles. The average molecular weight is 408 g/mol. The van der Waals surface area contributed by atoms with Crippen LogP contribution in [-0.4, -0.2) is 39.5 Å². The molecule has 0 aliphatic carbocycles. The van der Waals surface area contributed by atoms with E-state index in [0.29, 0.717) is 54.5 Å². The van der Waals surface area contributed by atoms with Crippen LogP contribution in [0.2, 0.25) is 10.0 Å². The zero-order chi connectivity index (χ0) is 19.6. The highest BCUT2D eigenvalue weighted by molar-refractivity contribution is 6.42. The second-order valence-corrected chi connectivity index (χ2v) is 7.86. The molecule has 3 rings (SSSR count). The fourth-order valence-electron chi connectivity index (χ4n) is 3.54. The standard InChI is InChI=1S/C20H23Cl2N3O2/c1-13-11-14(2)25(23-13)10-7-19(26)24-8-5-15(6-9-24)20(27)16-3-4-17(21)18(22)12-16/h3-4,11-12,15H,5-10H2,1-2H3. The number of ketones is 1. The third-order valence-corrected chi connectivity index (χ3v) is 5.80. The van der Waals surface area contributed by atoms with Gasteiger partial charge in [0.15, 0.2) is 5.78 Å². The largest absolute Gasteiger partial charge is 0.343 e. The fraction of sp³-hybridized carbons (Fsp3) is 0.450. The summed E-state index contributed by atoms with van der Waals surface area (Å²) in [5, 5.41) is 5.22. The van der Waals surface area contributed by atoms with Crippen LogP contribution >= 0.6 is 23.2 Å². The first-order valence-electron chi connectivity index (χ1n) is 9.13. The van der Waals surface area contributed by atoms with E-state index in [2.05, 4.69) is 5.10 Å². The van der Waals surface area contributed by atoms with Crippen molar-refractivity contribution < 1.29 is 9.59 Å². The number of halogens is 2. The summed E-state index contributed by atoms with van der Waals surface area (Å²) in [7, 11) is 0. The van der Waals surface area contributed by atoms with Crippen molar-refractivity contribution in [2.24, 2.45) is 5.92 Å². The van der Waals surface area contributed by atoms with Crippen LogP contribution in [0.25, 0.3) is 0 Å². The lowest BCUT2D eigenvalue weighted by atomic mass is 9.89. The van der Waals surface area contributed by atoms with Gasteiger partial charge in [-0.05, 0) is 51.0 Å². The summed E-state index contributed by atoms with van der Waals surface area (Å²) in [4.78, 5) is 27.0. The monoisotopic (exact) mass is 407 g/mol. The number of likely N-dealkylation sites (tertiary alicyclic amines) is 1. The van der Waals surface area contributed by atoms with Crippen molar-refractivity contribution in [2.45, 2.75) is 39.7 Å². The van der Waals surface area contributed by atoms with Gasteiger partial charge in [-0.25, -0.2) is 0 Å². The van der Waals surface area contributed by atoms with Crippen LogP contribution in [0.5, 0.6) is 0 Å². The van der Waals surface area contributed by atoms with E-state index in [-0.39, 0.29) is 17.6 Å². The van der Waals surface area contributed by atoms with Gasteiger partial charge >= 0.3 is 0 Å². The van der Waals surface area contributed by atoms with Gasteiger partial charge in [0.05, 0.1) is 15.7 Å². The summed E-state index contributed by atoms with van der Waals surface area (Å²) in [5.41, 5.74) is 2.60. The third kappa shape index (κ3) is 4.71. The van der Waals surface area contributed by atoms with Crippen molar-refractivity contribution >= 4 is 34.9 Å². The lowest BCUT2D eigenvalue weighted by Gasteiger charge is -2.31. The van der Waals surface area contributed by atoms with Gasteiger partial charge in [0.1, 0.15) is 0 Å². The number of hydrogen-bond acceptors (Lipinski definition) is 3. The first kappa shape index (κ1) is 19.9. The van der Waals surface area contributed by atoms with Crippen molar-refractivity contribution in [3.8, 4) is 0 Å². The van der Waals surface area contributed by atoms with Crippen LogP contribution < -0.4 is 0 Å². The molecule has 1 aromatic carbocycles. The molecule has 0 unspecified atom stereocenters. The molecule has 1 aliphatic rings. The van der Waals surface area contributed by atoms with E-state index in [1.54, 1.807) is 18.2 Å². The molecule has 0 bridgehead atoms. The van der Waals surface area contributed by atoms with Crippen molar-refractivity contribution in [1.29, 1.82) is 0 Å². The molecule has 1 saturated heterocycles. The van der Waals surface area contributed by atoms with Crippen molar-refractivity contribution in [2.75, 3.05) is 13.1 Å². The number of rotatable bonds is 5. The van der Waals surface area contributed by atoms with Crippen LogP contribution in [0.4, 0.5) is 0 Å². The van der Waals surface area contributed by atoms with Crippen molar-refractivity contribution in [3.63, 3.8) is 0 Å². The van der Waals surface area contributed by atoms with Crippen molar-refractivity contribution in [3.05, 3.63) is 51.3 Å².